The maximum absolute atomic E-state index is 12.3. The maximum Gasteiger partial charge on any atom is 0.242 e. The number of hydrogen-bond donors (Lipinski definition) is 2. The van der Waals surface area contributed by atoms with Crippen LogP contribution < -0.4 is 20.1 Å². The lowest BCUT2D eigenvalue weighted by atomic mass is 10.1. The third-order valence-corrected chi connectivity index (χ3v) is 3.51. The summed E-state index contributed by atoms with van der Waals surface area (Å²) in [6.07, 6.45) is 3.50. The van der Waals surface area contributed by atoms with Gasteiger partial charge < -0.3 is 20.1 Å². The third kappa shape index (κ3) is 3.75. The molecule has 2 N–H and O–H groups in total. The summed E-state index contributed by atoms with van der Waals surface area (Å²) in [5.41, 5.74) is 1.78. The van der Waals surface area contributed by atoms with E-state index < -0.39 is 6.04 Å². The number of carbonyl (C=O) groups is 1. The molecule has 0 aliphatic carbocycles. The first-order valence-corrected chi connectivity index (χ1v) is 6.99. The minimum Gasteiger partial charge on any atom is -0.454 e. The highest BCUT2D eigenvalue weighted by Crippen LogP contribution is 2.32. The van der Waals surface area contributed by atoms with Crippen molar-refractivity contribution in [1.82, 2.24) is 20.4 Å². The predicted octanol–water partition coefficient (Wildman–Crippen LogP) is 1.15. The van der Waals surface area contributed by atoms with Gasteiger partial charge in [0.05, 0.1) is 6.20 Å². The maximum atomic E-state index is 12.3. The SMILES string of the molecule is CNC(C(=O)NCc1ccc2c(c1)OCO2)c1cnn(C)c1.Cl. The van der Waals surface area contributed by atoms with Crippen LogP contribution in [0.3, 0.4) is 0 Å². The zero-order chi connectivity index (χ0) is 15.5. The second kappa shape index (κ2) is 7.34. The molecule has 0 saturated carbocycles. The topological polar surface area (TPSA) is 77.4 Å². The number of carbonyl (C=O) groups excluding carboxylic acids is 1. The molecule has 1 amide bonds. The number of likely N-dealkylation sites (N-methyl/N-ethyl adjacent to an activating group) is 1. The molecule has 0 spiro atoms. The second-order valence-electron chi connectivity index (χ2n) is 5.07. The lowest BCUT2D eigenvalue weighted by Crippen LogP contribution is -2.35. The summed E-state index contributed by atoms with van der Waals surface area (Å²) in [5, 5.41) is 10.0. The Balaban J connectivity index is 0.00000192. The van der Waals surface area contributed by atoms with E-state index in [0.717, 1.165) is 16.9 Å². The first kappa shape index (κ1) is 17.1. The van der Waals surface area contributed by atoms with Gasteiger partial charge in [0.25, 0.3) is 0 Å². The Morgan fingerprint density at radius 1 is 1.39 bits per heavy atom. The van der Waals surface area contributed by atoms with Crippen LogP contribution in [0.15, 0.2) is 30.6 Å². The van der Waals surface area contributed by atoms with Gasteiger partial charge in [-0.15, -0.1) is 12.4 Å². The highest BCUT2D eigenvalue weighted by atomic mass is 35.5. The lowest BCUT2D eigenvalue weighted by molar-refractivity contribution is -0.123. The molecule has 1 unspecified atom stereocenters. The highest BCUT2D eigenvalue weighted by Gasteiger charge is 2.20. The largest absolute Gasteiger partial charge is 0.454 e. The van der Waals surface area contributed by atoms with Crippen LogP contribution in [-0.2, 0) is 18.4 Å². The number of fused-ring (bicyclic) bond motifs is 1. The van der Waals surface area contributed by atoms with Crippen LogP contribution in [0.4, 0.5) is 0 Å². The Hall–Kier alpha value is -2.25. The fraction of sp³-hybridized carbons (Fsp3) is 0.333. The van der Waals surface area contributed by atoms with E-state index in [1.54, 1.807) is 17.9 Å². The zero-order valence-electron chi connectivity index (χ0n) is 12.9. The fourth-order valence-corrected chi connectivity index (χ4v) is 2.38. The normalized spacial score (nSPS) is 13.3. The smallest absolute Gasteiger partial charge is 0.242 e. The van der Waals surface area contributed by atoms with E-state index in [0.29, 0.717) is 12.3 Å². The van der Waals surface area contributed by atoms with Gasteiger partial charge in [-0.2, -0.15) is 5.10 Å². The number of aromatic nitrogens is 2. The van der Waals surface area contributed by atoms with Crippen molar-refractivity contribution in [3.8, 4) is 11.5 Å². The van der Waals surface area contributed by atoms with Crippen LogP contribution in [0.1, 0.15) is 17.2 Å². The van der Waals surface area contributed by atoms with Gasteiger partial charge in [-0.3, -0.25) is 9.48 Å². The van der Waals surface area contributed by atoms with Crippen molar-refractivity contribution < 1.29 is 14.3 Å². The van der Waals surface area contributed by atoms with E-state index in [1.165, 1.54) is 0 Å². The van der Waals surface area contributed by atoms with Crippen LogP contribution in [0.5, 0.6) is 11.5 Å². The Bertz CT molecular complexity index is 689. The molecule has 1 aliphatic rings. The van der Waals surface area contributed by atoms with Gasteiger partial charge >= 0.3 is 0 Å². The molecule has 0 bridgehead atoms. The number of amides is 1. The molecule has 124 valence electrons. The van der Waals surface area contributed by atoms with Crippen LogP contribution in [0.2, 0.25) is 0 Å². The van der Waals surface area contributed by atoms with Crippen LogP contribution >= 0.6 is 12.4 Å². The molecule has 1 aliphatic heterocycles. The molecule has 0 saturated heterocycles. The standard InChI is InChI=1S/C15H18N4O3.ClH/c1-16-14(11-7-18-19(2)8-11)15(20)17-6-10-3-4-12-13(5-10)22-9-21-12;/h3-5,7-8,14,16H,6,9H2,1-2H3,(H,17,20);1H. The quantitative estimate of drug-likeness (QED) is 0.855. The average molecular weight is 339 g/mol. The van der Waals surface area contributed by atoms with Crippen molar-refractivity contribution in [2.75, 3.05) is 13.8 Å². The number of nitrogens with one attached hydrogen (secondary N) is 2. The van der Waals surface area contributed by atoms with E-state index >= 15 is 0 Å². The van der Waals surface area contributed by atoms with Gasteiger partial charge in [0.2, 0.25) is 12.7 Å². The number of hydrogen-bond acceptors (Lipinski definition) is 5. The van der Waals surface area contributed by atoms with Gasteiger partial charge in [-0.05, 0) is 24.7 Å². The summed E-state index contributed by atoms with van der Waals surface area (Å²) >= 11 is 0. The van der Waals surface area contributed by atoms with E-state index in [2.05, 4.69) is 15.7 Å². The molecule has 2 aromatic rings. The van der Waals surface area contributed by atoms with Gasteiger partial charge in [0.1, 0.15) is 6.04 Å². The minimum atomic E-state index is -0.428. The van der Waals surface area contributed by atoms with Crippen LogP contribution in [0.25, 0.3) is 0 Å². The summed E-state index contributed by atoms with van der Waals surface area (Å²) < 4.78 is 12.3. The number of halogens is 1. The molecular weight excluding hydrogens is 320 g/mol. The second-order valence-corrected chi connectivity index (χ2v) is 5.07. The third-order valence-electron chi connectivity index (χ3n) is 3.51. The molecule has 7 nitrogen and oxygen atoms in total. The molecule has 1 atom stereocenters. The van der Waals surface area contributed by atoms with E-state index in [9.17, 15) is 4.79 Å². The summed E-state index contributed by atoms with van der Waals surface area (Å²) in [4.78, 5) is 12.3. The van der Waals surface area contributed by atoms with E-state index in [4.69, 9.17) is 9.47 Å². The summed E-state index contributed by atoms with van der Waals surface area (Å²) in [6, 6.07) is 5.20. The Labute approximate surface area is 140 Å². The zero-order valence-corrected chi connectivity index (χ0v) is 13.7. The summed E-state index contributed by atoms with van der Waals surface area (Å²) in [5.74, 6) is 1.34. The molecule has 23 heavy (non-hydrogen) atoms. The molecule has 1 aromatic carbocycles. The molecule has 3 rings (SSSR count). The van der Waals surface area contributed by atoms with Gasteiger partial charge in [-0.1, -0.05) is 6.07 Å². The Morgan fingerprint density at radius 2 is 2.17 bits per heavy atom. The number of benzene rings is 1. The van der Waals surface area contributed by atoms with Crippen molar-refractivity contribution >= 4 is 18.3 Å². The average Bonchev–Trinajstić information content (AvgIpc) is 3.14. The molecule has 8 heteroatoms. The Morgan fingerprint density at radius 3 is 2.87 bits per heavy atom. The Kier molecular flexibility index (Phi) is 5.46. The van der Waals surface area contributed by atoms with Crippen LogP contribution in [0, 0.1) is 0 Å². The minimum absolute atomic E-state index is 0. The predicted molar refractivity (Wildman–Crippen MR) is 86.7 cm³/mol. The number of nitrogens with zero attached hydrogens (tertiary/aromatic N) is 2. The molecule has 2 heterocycles. The first-order valence-electron chi connectivity index (χ1n) is 6.99. The fourth-order valence-electron chi connectivity index (χ4n) is 2.38. The van der Waals surface area contributed by atoms with Crippen molar-refractivity contribution in [3.63, 3.8) is 0 Å². The lowest BCUT2D eigenvalue weighted by Gasteiger charge is -2.14. The molecule has 1 aromatic heterocycles. The van der Waals surface area contributed by atoms with Crippen molar-refractivity contribution in [2.45, 2.75) is 12.6 Å². The number of aryl methyl sites for hydroxylation is 1. The first-order chi connectivity index (χ1) is 10.7. The van der Waals surface area contributed by atoms with Crippen molar-refractivity contribution in [2.24, 2.45) is 7.05 Å². The number of ether oxygens (including phenoxy) is 2. The molecule has 0 fully saturated rings. The van der Waals surface area contributed by atoms with Crippen LogP contribution in [-0.4, -0.2) is 29.5 Å². The van der Waals surface area contributed by atoms with Gasteiger partial charge in [-0.25, -0.2) is 0 Å². The van der Waals surface area contributed by atoms with Crippen molar-refractivity contribution in [3.05, 3.63) is 41.7 Å². The highest BCUT2D eigenvalue weighted by molar-refractivity contribution is 5.85. The summed E-state index contributed by atoms with van der Waals surface area (Å²) in [7, 11) is 3.57. The monoisotopic (exact) mass is 338 g/mol. The van der Waals surface area contributed by atoms with Gasteiger partial charge in [0, 0.05) is 25.4 Å². The molecular formula is C15H19ClN4O3. The van der Waals surface area contributed by atoms with Gasteiger partial charge in [0.15, 0.2) is 11.5 Å². The van der Waals surface area contributed by atoms with Crippen molar-refractivity contribution in [1.29, 1.82) is 0 Å². The summed E-state index contributed by atoms with van der Waals surface area (Å²) in [6.45, 7) is 0.669. The number of rotatable bonds is 5. The van der Waals surface area contributed by atoms with E-state index in [-0.39, 0.29) is 25.1 Å². The molecule has 0 radical (unpaired) electrons. The van der Waals surface area contributed by atoms with E-state index in [1.807, 2.05) is 31.4 Å².